The number of anilines is 1. The minimum absolute atomic E-state index is 0.0440. The van der Waals surface area contributed by atoms with E-state index in [0.717, 1.165) is 9.87 Å². The van der Waals surface area contributed by atoms with Crippen molar-refractivity contribution < 1.29 is 18.0 Å². The van der Waals surface area contributed by atoms with E-state index in [-0.39, 0.29) is 23.4 Å². The first kappa shape index (κ1) is 30.5. The van der Waals surface area contributed by atoms with Crippen molar-refractivity contribution in [2.45, 2.75) is 57.6 Å². The largest absolute Gasteiger partial charge is 0.352 e. The fourth-order valence-corrected chi connectivity index (χ4v) is 5.88. The van der Waals surface area contributed by atoms with E-state index in [1.165, 1.54) is 17.0 Å². The van der Waals surface area contributed by atoms with Gasteiger partial charge in [0, 0.05) is 28.2 Å². The van der Waals surface area contributed by atoms with E-state index >= 15 is 0 Å². The Morgan fingerprint density at radius 3 is 2.13 bits per heavy atom. The van der Waals surface area contributed by atoms with E-state index in [1.54, 1.807) is 61.5 Å². The van der Waals surface area contributed by atoms with Gasteiger partial charge in [-0.15, -0.1) is 0 Å². The summed E-state index contributed by atoms with van der Waals surface area (Å²) < 4.78 is 28.6. The standard InChI is InChI=1S/C29H33Cl2N3O4S/c1-5-21(3)32-29(36)22(4)33(18-25-26(30)15-10-16-27(25)31)28(35)19-34(23-12-9-11-20(2)17-23)39(37,38)24-13-7-6-8-14-24/h6-17,21-22H,5,18-19H2,1-4H3,(H,32,36)/t21-,22+/m0/s1. The molecular weight excluding hydrogens is 557 g/mol. The van der Waals surface area contributed by atoms with Crippen molar-refractivity contribution in [1.82, 2.24) is 10.2 Å². The number of carbonyl (C=O) groups excluding carboxylic acids is 2. The summed E-state index contributed by atoms with van der Waals surface area (Å²) in [6.07, 6.45) is 0.708. The van der Waals surface area contributed by atoms with Crippen molar-refractivity contribution in [3.05, 3.63) is 94.0 Å². The van der Waals surface area contributed by atoms with Crippen molar-refractivity contribution in [3.63, 3.8) is 0 Å². The first-order valence-corrected chi connectivity index (χ1v) is 14.8. The molecule has 0 bridgehead atoms. The molecule has 3 rings (SSSR count). The average molecular weight is 591 g/mol. The van der Waals surface area contributed by atoms with Crippen LogP contribution < -0.4 is 9.62 Å². The Kier molecular flexibility index (Phi) is 10.4. The van der Waals surface area contributed by atoms with Crippen LogP contribution in [0, 0.1) is 6.92 Å². The number of carbonyl (C=O) groups is 2. The first-order valence-electron chi connectivity index (χ1n) is 12.6. The quantitative estimate of drug-likeness (QED) is 0.305. The molecule has 0 unspecified atom stereocenters. The van der Waals surface area contributed by atoms with Crippen molar-refractivity contribution in [2.24, 2.45) is 0 Å². The number of hydrogen-bond acceptors (Lipinski definition) is 4. The second kappa shape index (κ2) is 13.3. The van der Waals surface area contributed by atoms with E-state index in [2.05, 4.69) is 5.32 Å². The molecule has 3 aromatic carbocycles. The predicted octanol–water partition coefficient (Wildman–Crippen LogP) is 5.83. The summed E-state index contributed by atoms with van der Waals surface area (Å²) in [7, 11) is -4.12. The lowest BCUT2D eigenvalue weighted by Gasteiger charge is -2.33. The van der Waals surface area contributed by atoms with Gasteiger partial charge in [0.15, 0.2) is 0 Å². The van der Waals surface area contributed by atoms with Gasteiger partial charge in [-0.3, -0.25) is 13.9 Å². The van der Waals surface area contributed by atoms with Crippen molar-refractivity contribution in [2.75, 3.05) is 10.8 Å². The summed E-state index contributed by atoms with van der Waals surface area (Å²) in [4.78, 5) is 28.5. The second-order valence-electron chi connectivity index (χ2n) is 9.38. The molecule has 3 aromatic rings. The molecule has 0 radical (unpaired) electrons. The zero-order valence-corrected chi connectivity index (χ0v) is 24.7. The smallest absolute Gasteiger partial charge is 0.264 e. The average Bonchev–Trinajstić information content (AvgIpc) is 2.91. The third-order valence-corrected chi connectivity index (χ3v) is 8.95. The Hall–Kier alpha value is -3.07. The van der Waals surface area contributed by atoms with Gasteiger partial charge < -0.3 is 10.2 Å². The van der Waals surface area contributed by atoms with E-state index < -0.39 is 28.5 Å². The van der Waals surface area contributed by atoms with Crippen LogP contribution in [-0.4, -0.2) is 43.8 Å². The zero-order chi connectivity index (χ0) is 28.7. The molecule has 1 N–H and O–H groups in total. The maximum Gasteiger partial charge on any atom is 0.264 e. The monoisotopic (exact) mass is 589 g/mol. The fraction of sp³-hybridized carbons (Fsp3) is 0.310. The van der Waals surface area contributed by atoms with Crippen LogP contribution in [-0.2, 0) is 26.2 Å². The van der Waals surface area contributed by atoms with Crippen LogP contribution in [0.15, 0.2) is 77.7 Å². The van der Waals surface area contributed by atoms with Gasteiger partial charge in [0.1, 0.15) is 12.6 Å². The maximum atomic E-state index is 14.0. The van der Waals surface area contributed by atoms with E-state index in [1.807, 2.05) is 26.8 Å². The summed E-state index contributed by atoms with van der Waals surface area (Å²) in [5.74, 6) is -0.951. The van der Waals surface area contributed by atoms with Gasteiger partial charge in [-0.1, -0.05) is 66.5 Å². The molecule has 7 nitrogen and oxygen atoms in total. The molecule has 0 aliphatic heterocycles. The van der Waals surface area contributed by atoms with Crippen LogP contribution in [0.4, 0.5) is 5.69 Å². The molecule has 0 aromatic heterocycles. The van der Waals surface area contributed by atoms with Crippen LogP contribution in [0.5, 0.6) is 0 Å². The van der Waals surface area contributed by atoms with Gasteiger partial charge in [-0.25, -0.2) is 8.42 Å². The van der Waals surface area contributed by atoms with Crippen molar-refractivity contribution >= 4 is 50.7 Å². The topological polar surface area (TPSA) is 86.8 Å². The minimum Gasteiger partial charge on any atom is -0.352 e. The van der Waals surface area contributed by atoms with Crippen LogP contribution in [0.1, 0.15) is 38.3 Å². The molecule has 2 amide bonds. The lowest BCUT2D eigenvalue weighted by atomic mass is 10.1. The molecule has 0 heterocycles. The normalized spacial score (nSPS) is 12.9. The highest BCUT2D eigenvalue weighted by Crippen LogP contribution is 2.28. The molecule has 0 spiro atoms. The summed E-state index contributed by atoms with van der Waals surface area (Å²) in [5.41, 5.74) is 1.62. The number of benzene rings is 3. The molecule has 39 heavy (non-hydrogen) atoms. The van der Waals surface area contributed by atoms with E-state index in [4.69, 9.17) is 23.2 Å². The Morgan fingerprint density at radius 2 is 1.54 bits per heavy atom. The molecule has 2 atom stereocenters. The molecule has 0 fully saturated rings. The number of rotatable bonds is 11. The van der Waals surface area contributed by atoms with Gasteiger partial charge in [0.05, 0.1) is 10.6 Å². The third-order valence-electron chi connectivity index (χ3n) is 6.46. The SMILES string of the molecule is CC[C@H](C)NC(=O)[C@@H](C)N(Cc1c(Cl)cccc1Cl)C(=O)CN(c1cccc(C)c1)S(=O)(=O)c1ccccc1. The number of hydrogen-bond donors (Lipinski definition) is 1. The van der Waals surface area contributed by atoms with Gasteiger partial charge in [-0.05, 0) is 69.2 Å². The van der Waals surface area contributed by atoms with Gasteiger partial charge >= 0.3 is 0 Å². The van der Waals surface area contributed by atoms with Crippen LogP contribution >= 0.6 is 23.2 Å². The molecule has 0 saturated carbocycles. The Balaban J connectivity index is 2.06. The molecular formula is C29H33Cl2N3O4S. The summed E-state index contributed by atoms with van der Waals surface area (Å²) >= 11 is 12.8. The Bertz CT molecular complexity index is 1400. The van der Waals surface area contributed by atoms with Crippen LogP contribution in [0.25, 0.3) is 0 Å². The van der Waals surface area contributed by atoms with E-state index in [0.29, 0.717) is 27.7 Å². The van der Waals surface area contributed by atoms with Gasteiger partial charge in [-0.2, -0.15) is 0 Å². The predicted molar refractivity (Wildman–Crippen MR) is 157 cm³/mol. The van der Waals surface area contributed by atoms with E-state index in [9.17, 15) is 18.0 Å². The van der Waals surface area contributed by atoms with Gasteiger partial charge in [0.2, 0.25) is 11.8 Å². The molecule has 0 aliphatic carbocycles. The third kappa shape index (κ3) is 7.53. The molecule has 0 saturated heterocycles. The number of amides is 2. The number of nitrogens with zero attached hydrogens (tertiary/aromatic N) is 2. The zero-order valence-electron chi connectivity index (χ0n) is 22.4. The second-order valence-corrected chi connectivity index (χ2v) is 12.1. The summed E-state index contributed by atoms with van der Waals surface area (Å²) in [6, 6.07) is 18.8. The molecule has 208 valence electrons. The Morgan fingerprint density at radius 1 is 0.923 bits per heavy atom. The number of nitrogens with one attached hydrogen (secondary N) is 1. The number of sulfonamides is 1. The summed E-state index contributed by atoms with van der Waals surface area (Å²) in [5, 5.41) is 3.57. The number of aryl methyl sites for hydroxylation is 1. The molecule has 10 heteroatoms. The highest BCUT2D eigenvalue weighted by molar-refractivity contribution is 7.92. The molecule has 0 aliphatic rings. The lowest BCUT2D eigenvalue weighted by molar-refractivity contribution is -0.139. The van der Waals surface area contributed by atoms with Crippen molar-refractivity contribution in [1.29, 1.82) is 0 Å². The highest BCUT2D eigenvalue weighted by atomic mass is 35.5. The van der Waals surface area contributed by atoms with Crippen molar-refractivity contribution in [3.8, 4) is 0 Å². The summed E-state index contributed by atoms with van der Waals surface area (Å²) in [6.45, 7) is 6.63. The fourth-order valence-electron chi connectivity index (χ4n) is 3.93. The first-order chi connectivity index (χ1) is 18.4. The van der Waals surface area contributed by atoms with Crippen LogP contribution in [0.2, 0.25) is 10.0 Å². The van der Waals surface area contributed by atoms with Gasteiger partial charge in [0.25, 0.3) is 10.0 Å². The Labute approximate surface area is 240 Å². The maximum absolute atomic E-state index is 14.0. The highest BCUT2D eigenvalue weighted by Gasteiger charge is 2.33. The number of halogens is 2. The lowest BCUT2D eigenvalue weighted by Crippen LogP contribution is -2.52. The minimum atomic E-state index is -4.12. The van der Waals surface area contributed by atoms with Crippen LogP contribution in [0.3, 0.4) is 0 Å².